The van der Waals surface area contributed by atoms with Crippen LogP contribution in [0.4, 0.5) is 0 Å². The Morgan fingerprint density at radius 2 is 2.32 bits per heavy atom. The van der Waals surface area contributed by atoms with Crippen LogP contribution in [0, 0.1) is 11.3 Å². The van der Waals surface area contributed by atoms with Gasteiger partial charge in [-0.3, -0.25) is 4.99 Å². The number of rotatable bonds is 5. The molecule has 4 unspecified atom stereocenters. The average molecular weight is 475 g/mol. The number of ether oxygens (including phenoxy) is 1. The van der Waals surface area contributed by atoms with Gasteiger partial charge in [-0.25, -0.2) is 0 Å². The monoisotopic (exact) mass is 475 g/mol. The first kappa shape index (κ1) is 19.4. The van der Waals surface area contributed by atoms with E-state index in [9.17, 15) is 0 Å². The lowest BCUT2D eigenvalue weighted by Gasteiger charge is -2.63. The van der Waals surface area contributed by atoms with Crippen molar-refractivity contribution < 1.29 is 4.74 Å². The summed E-state index contributed by atoms with van der Waals surface area (Å²) in [4.78, 5) is 4.89. The first-order chi connectivity index (χ1) is 11.7. The van der Waals surface area contributed by atoms with E-state index in [4.69, 9.17) is 9.73 Å². The van der Waals surface area contributed by atoms with Gasteiger partial charge in [-0.1, -0.05) is 13.3 Å². The number of halogens is 1. The summed E-state index contributed by atoms with van der Waals surface area (Å²) >= 11 is 1.76. The maximum absolute atomic E-state index is 6.03. The molecule has 2 N–H and O–H groups in total. The highest BCUT2D eigenvalue weighted by Gasteiger charge is 2.66. The van der Waals surface area contributed by atoms with Crippen LogP contribution in [0.3, 0.4) is 0 Å². The van der Waals surface area contributed by atoms with E-state index >= 15 is 0 Å². The summed E-state index contributed by atoms with van der Waals surface area (Å²) in [6.07, 6.45) is 5.70. The van der Waals surface area contributed by atoms with E-state index in [1.807, 2.05) is 0 Å². The van der Waals surface area contributed by atoms with Crippen LogP contribution in [-0.4, -0.2) is 37.8 Å². The summed E-state index contributed by atoms with van der Waals surface area (Å²) in [6, 6.07) is 2.76. The van der Waals surface area contributed by atoms with Crippen molar-refractivity contribution in [1.29, 1.82) is 0 Å². The fourth-order valence-electron chi connectivity index (χ4n) is 4.81. The second kappa shape index (κ2) is 8.13. The van der Waals surface area contributed by atoms with Crippen LogP contribution in [0.2, 0.25) is 0 Å². The maximum atomic E-state index is 6.03. The molecule has 25 heavy (non-hydrogen) atoms. The molecule has 0 radical (unpaired) electrons. The van der Waals surface area contributed by atoms with Crippen molar-refractivity contribution in [2.45, 2.75) is 57.6 Å². The minimum atomic E-state index is 0. The third-order valence-electron chi connectivity index (χ3n) is 6.31. The van der Waals surface area contributed by atoms with E-state index in [2.05, 4.69) is 41.3 Å². The van der Waals surface area contributed by atoms with E-state index < -0.39 is 0 Å². The molecule has 2 aliphatic carbocycles. The molecule has 1 saturated heterocycles. The molecule has 0 amide bonds. The largest absolute Gasteiger partial charge is 0.377 e. The first-order valence-corrected chi connectivity index (χ1v) is 10.4. The lowest BCUT2D eigenvalue weighted by atomic mass is 9.46. The number of aliphatic imine (C=N–C) groups is 1. The maximum Gasteiger partial charge on any atom is 0.191 e. The third kappa shape index (κ3) is 3.46. The summed E-state index contributed by atoms with van der Waals surface area (Å²) in [7, 11) is 0. The fourth-order valence-corrected chi connectivity index (χ4v) is 5.59. The lowest BCUT2D eigenvalue weighted by molar-refractivity contribution is -0.171. The van der Waals surface area contributed by atoms with Crippen molar-refractivity contribution in [2.24, 2.45) is 16.3 Å². The molecule has 3 aliphatic rings. The van der Waals surface area contributed by atoms with E-state index in [-0.39, 0.29) is 24.0 Å². The van der Waals surface area contributed by atoms with Crippen molar-refractivity contribution in [1.82, 2.24) is 10.6 Å². The van der Waals surface area contributed by atoms with Gasteiger partial charge in [0.15, 0.2) is 5.96 Å². The van der Waals surface area contributed by atoms with Crippen molar-refractivity contribution in [3.63, 3.8) is 0 Å². The Balaban J connectivity index is 0.00000182. The molecule has 0 aromatic carbocycles. The van der Waals surface area contributed by atoms with E-state index in [0.717, 1.165) is 25.7 Å². The summed E-state index contributed by atoms with van der Waals surface area (Å²) in [5.41, 5.74) is 1.79. The number of hydrogen-bond acceptors (Lipinski definition) is 3. The van der Waals surface area contributed by atoms with E-state index in [0.29, 0.717) is 29.4 Å². The molecule has 6 heteroatoms. The van der Waals surface area contributed by atoms with Gasteiger partial charge in [0.2, 0.25) is 0 Å². The molecular weight excluding hydrogens is 445 g/mol. The molecule has 2 saturated carbocycles. The highest BCUT2D eigenvalue weighted by atomic mass is 127. The van der Waals surface area contributed by atoms with Crippen LogP contribution < -0.4 is 10.6 Å². The van der Waals surface area contributed by atoms with Gasteiger partial charge in [0, 0.05) is 43.0 Å². The molecular formula is C19H30IN3OS. The average Bonchev–Trinajstić information content (AvgIpc) is 3.18. The fraction of sp³-hybridized carbons (Fsp3) is 0.737. The van der Waals surface area contributed by atoms with Crippen LogP contribution in [-0.2, 0) is 4.74 Å². The first-order valence-electron chi connectivity index (χ1n) is 9.43. The van der Waals surface area contributed by atoms with Crippen LogP contribution in [0.25, 0.3) is 0 Å². The molecule has 4 nitrogen and oxygen atoms in total. The summed E-state index contributed by atoms with van der Waals surface area (Å²) in [6.45, 7) is 7.07. The van der Waals surface area contributed by atoms with Crippen LogP contribution in [0.1, 0.15) is 51.0 Å². The Kier molecular flexibility index (Phi) is 6.31. The molecule has 4 rings (SSSR count). The lowest BCUT2D eigenvalue weighted by Crippen LogP contribution is -2.72. The van der Waals surface area contributed by atoms with Crippen molar-refractivity contribution in [2.75, 3.05) is 19.7 Å². The van der Waals surface area contributed by atoms with Gasteiger partial charge in [0.1, 0.15) is 0 Å². The Hall–Kier alpha value is -0.340. The minimum absolute atomic E-state index is 0. The second-order valence-electron chi connectivity index (χ2n) is 7.63. The van der Waals surface area contributed by atoms with Crippen LogP contribution >= 0.6 is 35.3 Å². The number of hydrogen-bond donors (Lipinski definition) is 2. The van der Waals surface area contributed by atoms with Gasteiger partial charge in [0.05, 0.1) is 6.10 Å². The molecule has 4 atom stereocenters. The SMILES string of the molecule is CCNC(=NCC(C)c1ccsc1)NC1C2CCOC2C12CCC2.I. The molecule has 1 aliphatic heterocycles. The van der Waals surface area contributed by atoms with Gasteiger partial charge < -0.3 is 15.4 Å². The molecule has 2 heterocycles. The summed E-state index contributed by atoms with van der Waals surface area (Å²) < 4.78 is 6.03. The smallest absolute Gasteiger partial charge is 0.191 e. The Bertz CT molecular complexity index is 587. The standard InChI is InChI=1S/C19H29N3OS.HI/c1-3-20-18(21-11-13(2)14-6-10-24-12-14)22-16-15-5-9-23-17(15)19(16)7-4-8-19;/h6,10,12-13,15-17H,3-5,7-9,11H2,1-2H3,(H2,20,21,22);1H. The Labute approximate surface area is 172 Å². The van der Waals surface area contributed by atoms with Crippen molar-refractivity contribution >= 4 is 41.3 Å². The van der Waals surface area contributed by atoms with Gasteiger partial charge >= 0.3 is 0 Å². The highest BCUT2D eigenvalue weighted by molar-refractivity contribution is 14.0. The van der Waals surface area contributed by atoms with Gasteiger partial charge in [-0.2, -0.15) is 11.3 Å². The molecule has 1 aromatic rings. The number of fused-ring (bicyclic) bond motifs is 2. The molecule has 0 bridgehead atoms. The zero-order valence-corrected chi connectivity index (χ0v) is 18.3. The van der Waals surface area contributed by atoms with Crippen LogP contribution in [0.5, 0.6) is 0 Å². The minimum Gasteiger partial charge on any atom is -0.377 e. The molecule has 140 valence electrons. The van der Waals surface area contributed by atoms with E-state index in [1.165, 1.54) is 31.2 Å². The van der Waals surface area contributed by atoms with Gasteiger partial charge in [0.25, 0.3) is 0 Å². The van der Waals surface area contributed by atoms with Crippen LogP contribution in [0.15, 0.2) is 21.8 Å². The van der Waals surface area contributed by atoms with E-state index in [1.54, 1.807) is 11.3 Å². The zero-order valence-electron chi connectivity index (χ0n) is 15.2. The van der Waals surface area contributed by atoms with Gasteiger partial charge in [-0.05, 0) is 48.6 Å². The molecule has 1 aromatic heterocycles. The predicted octanol–water partition coefficient (Wildman–Crippen LogP) is 3.98. The molecule has 1 spiro atoms. The Morgan fingerprint density at radius 3 is 2.96 bits per heavy atom. The normalized spacial score (nSPS) is 30.6. The van der Waals surface area contributed by atoms with Crippen molar-refractivity contribution in [3.05, 3.63) is 22.4 Å². The van der Waals surface area contributed by atoms with Crippen molar-refractivity contribution in [3.8, 4) is 0 Å². The highest BCUT2D eigenvalue weighted by Crippen LogP contribution is 2.62. The predicted molar refractivity (Wildman–Crippen MR) is 115 cm³/mol. The zero-order chi connectivity index (χ0) is 16.6. The number of guanidine groups is 1. The summed E-state index contributed by atoms with van der Waals surface area (Å²) in [5, 5.41) is 11.6. The van der Waals surface area contributed by atoms with Gasteiger partial charge in [-0.15, -0.1) is 24.0 Å². The summed E-state index contributed by atoms with van der Waals surface area (Å²) in [5.74, 6) is 2.14. The second-order valence-corrected chi connectivity index (χ2v) is 8.41. The number of thiophene rings is 1. The third-order valence-corrected chi connectivity index (χ3v) is 7.01. The topological polar surface area (TPSA) is 45.7 Å². The Morgan fingerprint density at radius 1 is 1.48 bits per heavy atom. The molecule has 3 fully saturated rings. The quantitative estimate of drug-likeness (QED) is 0.385. The number of nitrogens with one attached hydrogen (secondary N) is 2. The number of nitrogens with zero attached hydrogens (tertiary/aromatic N) is 1.